The van der Waals surface area contributed by atoms with Gasteiger partial charge in [0.05, 0.1) is 10.7 Å². The Morgan fingerprint density at radius 3 is 2.38 bits per heavy atom. The van der Waals surface area contributed by atoms with Gasteiger partial charge in [-0.05, 0) is 30.3 Å². The molecule has 0 fully saturated rings. The van der Waals surface area contributed by atoms with Crippen LogP contribution in [0.3, 0.4) is 0 Å². The van der Waals surface area contributed by atoms with Crippen LogP contribution in [0.4, 0.5) is 5.69 Å². The van der Waals surface area contributed by atoms with E-state index in [1.54, 1.807) is 6.07 Å². The summed E-state index contributed by atoms with van der Waals surface area (Å²) in [6, 6.07) is 24.6. The maximum Gasteiger partial charge on any atom is 0.267 e. The summed E-state index contributed by atoms with van der Waals surface area (Å²) in [5, 5.41) is 4.26. The highest BCUT2D eigenvalue weighted by atomic mass is 35.5. The molecule has 0 aliphatic rings. The molecule has 0 bridgehead atoms. The van der Waals surface area contributed by atoms with Gasteiger partial charge in [0.2, 0.25) is 0 Å². The van der Waals surface area contributed by atoms with Crippen LogP contribution >= 0.6 is 22.9 Å². The molecule has 0 atom stereocenters. The van der Waals surface area contributed by atoms with Gasteiger partial charge in [-0.15, -0.1) is 11.3 Å². The van der Waals surface area contributed by atoms with Crippen molar-refractivity contribution in [1.82, 2.24) is 0 Å². The van der Waals surface area contributed by atoms with E-state index in [0.717, 1.165) is 15.8 Å². The number of para-hydroxylation sites is 3. The van der Waals surface area contributed by atoms with Crippen LogP contribution in [0.5, 0.6) is 11.5 Å². The third-order valence-electron chi connectivity index (χ3n) is 4.23. The van der Waals surface area contributed by atoms with E-state index < -0.39 is 0 Å². The van der Waals surface area contributed by atoms with Crippen LogP contribution < -0.4 is 14.8 Å². The number of anilines is 1. The number of carbonyl (C=O) groups excluding carboxylic acids is 1. The molecule has 0 radical (unpaired) electrons. The van der Waals surface area contributed by atoms with E-state index in [2.05, 4.69) is 5.32 Å². The van der Waals surface area contributed by atoms with Gasteiger partial charge in [-0.3, -0.25) is 4.79 Å². The minimum Gasteiger partial charge on any atom is -0.490 e. The van der Waals surface area contributed by atoms with Crippen LogP contribution in [0.15, 0.2) is 78.9 Å². The normalized spacial score (nSPS) is 10.7. The van der Waals surface area contributed by atoms with Crippen molar-refractivity contribution in [2.45, 2.75) is 0 Å². The molecule has 0 saturated heterocycles. The smallest absolute Gasteiger partial charge is 0.267 e. The quantitative estimate of drug-likeness (QED) is 0.356. The van der Waals surface area contributed by atoms with Crippen molar-refractivity contribution in [1.29, 1.82) is 0 Å². The molecule has 1 amide bonds. The number of carbonyl (C=O) groups is 1. The van der Waals surface area contributed by atoms with E-state index in [4.69, 9.17) is 21.1 Å². The summed E-state index contributed by atoms with van der Waals surface area (Å²) < 4.78 is 12.4. The van der Waals surface area contributed by atoms with Gasteiger partial charge in [-0.2, -0.15) is 0 Å². The highest BCUT2D eigenvalue weighted by molar-refractivity contribution is 7.21. The van der Waals surface area contributed by atoms with Crippen LogP contribution in [-0.2, 0) is 0 Å². The number of ether oxygens (including phenoxy) is 2. The first-order valence-electron chi connectivity index (χ1n) is 9.10. The van der Waals surface area contributed by atoms with E-state index in [0.29, 0.717) is 34.6 Å². The molecule has 0 spiro atoms. The second kappa shape index (κ2) is 8.99. The molecule has 0 aliphatic heterocycles. The van der Waals surface area contributed by atoms with Crippen LogP contribution in [0.2, 0.25) is 5.02 Å². The lowest BCUT2D eigenvalue weighted by Crippen LogP contribution is -2.14. The first-order chi connectivity index (χ1) is 14.2. The Morgan fingerprint density at radius 1 is 0.862 bits per heavy atom. The average Bonchev–Trinajstić information content (AvgIpc) is 3.10. The summed E-state index contributed by atoms with van der Waals surface area (Å²) in [6.45, 7) is 0.750. The zero-order valence-corrected chi connectivity index (χ0v) is 17.0. The van der Waals surface area contributed by atoms with E-state index in [1.807, 2.05) is 72.8 Å². The number of rotatable bonds is 7. The predicted molar refractivity (Wildman–Crippen MR) is 119 cm³/mol. The molecule has 0 unspecified atom stereocenters. The second-order valence-electron chi connectivity index (χ2n) is 6.20. The zero-order chi connectivity index (χ0) is 20.1. The Hall–Kier alpha value is -3.02. The molecule has 1 N–H and O–H groups in total. The molecule has 0 saturated carbocycles. The number of amides is 1. The topological polar surface area (TPSA) is 47.6 Å². The molecule has 1 aromatic heterocycles. The molecule has 146 valence electrons. The second-order valence-corrected chi connectivity index (χ2v) is 7.63. The lowest BCUT2D eigenvalue weighted by atomic mass is 10.2. The van der Waals surface area contributed by atoms with Gasteiger partial charge in [-0.1, -0.05) is 60.1 Å². The molecule has 1 heterocycles. The molecule has 4 rings (SSSR count). The number of benzene rings is 3. The van der Waals surface area contributed by atoms with Gasteiger partial charge in [0, 0.05) is 10.1 Å². The monoisotopic (exact) mass is 423 g/mol. The summed E-state index contributed by atoms with van der Waals surface area (Å²) in [4.78, 5) is 13.3. The minimum atomic E-state index is -0.257. The van der Waals surface area contributed by atoms with Gasteiger partial charge in [0.15, 0.2) is 0 Å². The zero-order valence-electron chi connectivity index (χ0n) is 15.4. The molecule has 4 nitrogen and oxygen atoms in total. The highest BCUT2D eigenvalue weighted by Crippen LogP contribution is 2.36. The summed E-state index contributed by atoms with van der Waals surface area (Å²) >= 11 is 7.79. The van der Waals surface area contributed by atoms with Crippen molar-refractivity contribution in [3.8, 4) is 11.5 Å². The molecular weight excluding hydrogens is 406 g/mol. The number of fused-ring (bicyclic) bond motifs is 1. The third kappa shape index (κ3) is 4.53. The van der Waals surface area contributed by atoms with Crippen molar-refractivity contribution in [2.24, 2.45) is 0 Å². The van der Waals surface area contributed by atoms with Gasteiger partial charge in [0.25, 0.3) is 5.91 Å². The summed E-state index contributed by atoms with van der Waals surface area (Å²) in [5.74, 6) is 1.11. The molecule has 3 aromatic carbocycles. The van der Waals surface area contributed by atoms with E-state index in [-0.39, 0.29) is 5.91 Å². The van der Waals surface area contributed by atoms with Crippen LogP contribution in [0.1, 0.15) is 9.67 Å². The van der Waals surface area contributed by atoms with E-state index >= 15 is 0 Å². The molecule has 0 aliphatic carbocycles. The van der Waals surface area contributed by atoms with Gasteiger partial charge in [-0.25, -0.2) is 0 Å². The Morgan fingerprint density at radius 2 is 1.55 bits per heavy atom. The SMILES string of the molecule is O=C(Nc1ccccc1OCCOc1ccccc1)c1sc2ccccc2c1Cl. The number of nitrogens with one attached hydrogen (secondary N) is 1. The lowest BCUT2D eigenvalue weighted by molar-refractivity contribution is 0.103. The van der Waals surface area contributed by atoms with Crippen LogP contribution in [-0.4, -0.2) is 19.1 Å². The number of hydrogen-bond donors (Lipinski definition) is 1. The summed E-state index contributed by atoms with van der Waals surface area (Å²) in [7, 11) is 0. The van der Waals surface area contributed by atoms with Crippen molar-refractivity contribution in [3.05, 3.63) is 88.8 Å². The third-order valence-corrected chi connectivity index (χ3v) is 5.90. The Balaban J connectivity index is 1.42. The standard InChI is InChI=1S/C23H18ClNO3S/c24-21-17-10-4-7-13-20(17)29-22(21)23(26)25-18-11-5-6-12-19(18)28-15-14-27-16-8-2-1-3-9-16/h1-13H,14-15H2,(H,25,26). The first-order valence-corrected chi connectivity index (χ1v) is 10.3. The fraction of sp³-hybridized carbons (Fsp3) is 0.0870. The maximum absolute atomic E-state index is 12.8. The molecule has 6 heteroatoms. The Kier molecular flexibility index (Phi) is 5.98. The highest BCUT2D eigenvalue weighted by Gasteiger charge is 2.18. The van der Waals surface area contributed by atoms with Gasteiger partial charge >= 0.3 is 0 Å². The first kappa shape index (κ1) is 19.3. The number of hydrogen-bond acceptors (Lipinski definition) is 4. The fourth-order valence-corrected chi connectivity index (χ4v) is 4.28. The Labute approximate surface area is 177 Å². The fourth-order valence-electron chi connectivity index (χ4n) is 2.86. The lowest BCUT2D eigenvalue weighted by Gasteiger charge is -2.13. The van der Waals surface area contributed by atoms with E-state index in [9.17, 15) is 4.79 Å². The maximum atomic E-state index is 12.8. The predicted octanol–water partition coefficient (Wildman–Crippen LogP) is 6.26. The van der Waals surface area contributed by atoms with Crippen molar-refractivity contribution in [3.63, 3.8) is 0 Å². The van der Waals surface area contributed by atoms with Gasteiger partial charge in [0.1, 0.15) is 29.6 Å². The molecular formula is C23H18ClNO3S. The van der Waals surface area contributed by atoms with Crippen molar-refractivity contribution in [2.75, 3.05) is 18.5 Å². The minimum absolute atomic E-state index is 0.257. The van der Waals surface area contributed by atoms with Crippen LogP contribution in [0.25, 0.3) is 10.1 Å². The average molecular weight is 424 g/mol. The van der Waals surface area contributed by atoms with E-state index in [1.165, 1.54) is 11.3 Å². The van der Waals surface area contributed by atoms with Crippen LogP contribution in [0, 0.1) is 0 Å². The number of thiophene rings is 1. The largest absolute Gasteiger partial charge is 0.490 e. The number of halogens is 1. The van der Waals surface area contributed by atoms with Crippen molar-refractivity contribution >= 4 is 44.6 Å². The van der Waals surface area contributed by atoms with Crippen molar-refractivity contribution < 1.29 is 14.3 Å². The summed E-state index contributed by atoms with van der Waals surface area (Å²) in [5.41, 5.74) is 0.589. The molecule has 29 heavy (non-hydrogen) atoms. The van der Waals surface area contributed by atoms with Gasteiger partial charge < -0.3 is 14.8 Å². The Bertz CT molecular complexity index is 1130. The summed E-state index contributed by atoms with van der Waals surface area (Å²) in [6.07, 6.45) is 0. The molecule has 4 aromatic rings.